The van der Waals surface area contributed by atoms with Crippen molar-refractivity contribution in [2.75, 3.05) is 45.9 Å². The van der Waals surface area contributed by atoms with Crippen molar-refractivity contribution in [3.05, 3.63) is 30.1 Å². The number of hydrogen-bond donors (Lipinski definition) is 2. The van der Waals surface area contributed by atoms with Crippen molar-refractivity contribution in [3.8, 4) is 5.75 Å². The summed E-state index contributed by atoms with van der Waals surface area (Å²) in [5.74, 6) is 0.370. The van der Waals surface area contributed by atoms with Gasteiger partial charge in [0.05, 0.1) is 0 Å². The minimum atomic E-state index is -0.347. The molecule has 3 rings (SSSR count). The maximum Gasteiger partial charge on any atom is 0.317 e. The lowest BCUT2D eigenvalue weighted by Crippen LogP contribution is -2.48. The van der Waals surface area contributed by atoms with Crippen molar-refractivity contribution >= 4 is 6.03 Å². The summed E-state index contributed by atoms with van der Waals surface area (Å²) in [6.45, 7) is 4.96. The van der Waals surface area contributed by atoms with Crippen LogP contribution in [-0.4, -0.2) is 72.9 Å². The molecule has 27 heavy (non-hydrogen) atoms. The van der Waals surface area contributed by atoms with Crippen molar-refractivity contribution in [1.29, 1.82) is 0 Å². The molecule has 150 valence electrons. The second-order valence-corrected chi connectivity index (χ2v) is 7.43. The third-order valence-electron chi connectivity index (χ3n) is 5.53. The Kier molecular flexibility index (Phi) is 7.29. The zero-order valence-electron chi connectivity index (χ0n) is 15.8. The standard InChI is InChI=1S/C20H30FN3O3/c21-18-3-1-2-4-19(18)27-17-7-12-24(13-8-17)20(26)22-9-14-23-10-5-16(15-25)6-11-23/h1-4,16-17,25H,5-15H2,(H,22,26). The number of nitrogens with one attached hydrogen (secondary N) is 1. The number of para-hydroxylation sites is 1. The SMILES string of the molecule is O=C(NCCN1CCC(CO)CC1)N1CCC(Oc2ccccc2F)CC1. The van der Waals surface area contributed by atoms with E-state index in [1.807, 2.05) is 0 Å². The number of ether oxygens (including phenoxy) is 1. The average Bonchev–Trinajstić information content (AvgIpc) is 2.71. The highest BCUT2D eigenvalue weighted by molar-refractivity contribution is 5.74. The summed E-state index contributed by atoms with van der Waals surface area (Å²) >= 11 is 0. The van der Waals surface area contributed by atoms with Crippen LogP contribution in [0.1, 0.15) is 25.7 Å². The number of piperidine rings is 2. The van der Waals surface area contributed by atoms with E-state index in [2.05, 4.69) is 10.2 Å². The number of aliphatic hydroxyl groups excluding tert-OH is 1. The van der Waals surface area contributed by atoms with Crippen LogP contribution in [0, 0.1) is 11.7 Å². The molecule has 0 spiro atoms. The van der Waals surface area contributed by atoms with Gasteiger partial charge in [-0.3, -0.25) is 0 Å². The number of aliphatic hydroxyl groups is 1. The minimum Gasteiger partial charge on any atom is -0.487 e. The van der Waals surface area contributed by atoms with Gasteiger partial charge in [0, 0.05) is 45.6 Å². The van der Waals surface area contributed by atoms with Gasteiger partial charge < -0.3 is 25.0 Å². The van der Waals surface area contributed by atoms with Gasteiger partial charge in [-0.25, -0.2) is 9.18 Å². The van der Waals surface area contributed by atoms with Gasteiger partial charge in [-0.1, -0.05) is 12.1 Å². The van der Waals surface area contributed by atoms with Crippen molar-refractivity contribution in [1.82, 2.24) is 15.1 Å². The van der Waals surface area contributed by atoms with E-state index in [1.54, 1.807) is 23.1 Å². The van der Waals surface area contributed by atoms with E-state index in [1.165, 1.54) is 6.07 Å². The van der Waals surface area contributed by atoms with E-state index >= 15 is 0 Å². The molecule has 0 atom stereocenters. The lowest BCUT2D eigenvalue weighted by atomic mass is 9.98. The lowest BCUT2D eigenvalue weighted by molar-refractivity contribution is 0.106. The first-order chi connectivity index (χ1) is 13.2. The quantitative estimate of drug-likeness (QED) is 0.794. The Labute approximate surface area is 160 Å². The normalized spacial score (nSPS) is 19.9. The van der Waals surface area contributed by atoms with Gasteiger partial charge in [0.2, 0.25) is 0 Å². The van der Waals surface area contributed by atoms with Gasteiger partial charge in [0.15, 0.2) is 11.6 Å². The molecular weight excluding hydrogens is 349 g/mol. The minimum absolute atomic E-state index is 0.0374. The van der Waals surface area contributed by atoms with E-state index < -0.39 is 0 Å². The zero-order chi connectivity index (χ0) is 19.1. The number of halogens is 1. The van der Waals surface area contributed by atoms with Crippen LogP contribution in [0.25, 0.3) is 0 Å². The van der Waals surface area contributed by atoms with Crippen LogP contribution >= 0.6 is 0 Å². The Morgan fingerprint density at radius 3 is 2.52 bits per heavy atom. The maximum absolute atomic E-state index is 13.7. The highest BCUT2D eigenvalue weighted by atomic mass is 19.1. The highest BCUT2D eigenvalue weighted by Gasteiger charge is 2.24. The van der Waals surface area contributed by atoms with Gasteiger partial charge in [-0.2, -0.15) is 0 Å². The molecule has 0 aromatic heterocycles. The molecule has 0 unspecified atom stereocenters. The fraction of sp³-hybridized carbons (Fsp3) is 0.650. The Hall–Kier alpha value is -1.86. The molecule has 2 N–H and O–H groups in total. The molecule has 2 amide bonds. The molecule has 2 heterocycles. The summed E-state index contributed by atoms with van der Waals surface area (Å²) in [4.78, 5) is 16.5. The number of rotatable bonds is 6. The molecular formula is C20H30FN3O3. The number of nitrogens with zero attached hydrogens (tertiary/aromatic N) is 2. The van der Waals surface area contributed by atoms with Crippen LogP contribution < -0.4 is 10.1 Å². The molecule has 1 aromatic rings. The Bertz CT molecular complexity index is 600. The van der Waals surface area contributed by atoms with Gasteiger partial charge in [0.25, 0.3) is 0 Å². The van der Waals surface area contributed by atoms with Crippen molar-refractivity contribution < 1.29 is 19.0 Å². The number of carbonyl (C=O) groups excluding carboxylic acids is 1. The summed E-state index contributed by atoms with van der Waals surface area (Å²) in [7, 11) is 0. The molecule has 2 fully saturated rings. The smallest absolute Gasteiger partial charge is 0.317 e. The molecule has 0 bridgehead atoms. The zero-order valence-corrected chi connectivity index (χ0v) is 15.8. The van der Waals surface area contributed by atoms with E-state index in [4.69, 9.17) is 4.74 Å². The molecule has 1 aromatic carbocycles. The lowest BCUT2D eigenvalue weighted by Gasteiger charge is -2.33. The maximum atomic E-state index is 13.7. The number of hydrogen-bond acceptors (Lipinski definition) is 4. The molecule has 0 radical (unpaired) electrons. The third-order valence-corrected chi connectivity index (χ3v) is 5.53. The molecule has 2 aliphatic heterocycles. The number of amides is 2. The summed E-state index contributed by atoms with van der Waals surface area (Å²) in [6.07, 6.45) is 3.41. The van der Waals surface area contributed by atoms with Crippen molar-refractivity contribution in [3.63, 3.8) is 0 Å². The van der Waals surface area contributed by atoms with Gasteiger partial charge in [-0.05, 0) is 44.0 Å². The van der Waals surface area contributed by atoms with Crippen LogP contribution in [0.5, 0.6) is 5.75 Å². The number of benzene rings is 1. The van der Waals surface area contributed by atoms with Crippen LogP contribution in [0.3, 0.4) is 0 Å². The largest absolute Gasteiger partial charge is 0.487 e. The molecule has 2 saturated heterocycles. The second kappa shape index (κ2) is 9.90. The topological polar surface area (TPSA) is 65.0 Å². The first-order valence-corrected chi connectivity index (χ1v) is 9.93. The third kappa shape index (κ3) is 5.81. The van der Waals surface area contributed by atoms with Crippen LogP contribution in [-0.2, 0) is 0 Å². The Morgan fingerprint density at radius 2 is 1.85 bits per heavy atom. The summed E-state index contributed by atoms with van der Waals surface area (Å²) in [6, 6.07) is 6.39. The summed E-state index contributed by atoms with van der Waals surface area (Å²) in [5, 5.41) is 12.2. The van der Waals surface area contributed by atoms with Crippen LogP contribution in [0.15, 0.2) is 24.3 Å². The molecule has 2 aliphatic rings. The van der Waals surface area contributed by atoms with Crippen molar-refractivity contribution in [2.45, 2.75) is 31.8 Å². The number of carbonyl (C=O) groups is 1. The molecule has 0 saturated carbocycles. The monoisotopic (exact) mass is 379 g/mol. The van der Waals surface area contributed by atoms with Gasteiger partial charge in [0.1, 0.15) is 6.10 Å². The van der Waals surface area contributed by atoms with Crippen LogP contribution in [0.2, 0.25) is 0 Å². The highest BCUT2D eigenvalue weighted by Crippen LogP contribution is 2.21. The van der Waals surface area contributed by atoms with Gasteiger partial charge in [-0.15, -0.1) is 0 Å². The van der Waals surface area contributed by atoms with Gasteiger partial charge >= 0.3 is 6.03 Å². The molecule has 7 heteroatoms. The summed E-state index contributed by atoms with van der Waals surface area (Å²) < 4.78 is 19.4. The predicted molar refractivity (Wildman–Crippen MR) is 101 cm³/mol. The second-order valence-electron chi connectivity index (χ2n) is 7.43. The Morgan fingerprint density at radius 1 is 1.15 bits per heavy atom. The first-order valence-electron chi connectivity index (χ1n) is 9.93. The summed E-state index contributed by atoms with van der Waals surface area (Å²) in [5.41, 5.74) is 0. The average molecular weight is 379 g/mol. The first kappa shape index (κ1) is 19.9. The fourth-order valence-corrected chi connectivity index (χ4v) is 3.72. The van der Waals surface area contributed by atoms with E-state index in [0.29, 0.717) is 38.4 Å². The van der Waals surface area contributed by atoms with Crippen LogP contribution in [0.4, 0.5) is 9.18 Å². The fourth-order valence-electron chi connectivity index (χ4n) is 3.72. The molecule has 0 aliphatic carbocycles. The van der Waals surface area contributed by atoms with E-state index in [9.17, 15) is 14.3 Å². The van der Waals surface area contributed by atoms with Crippen molar-refractivity contribution in [2.24, 2.45) is 5.92 Å². The number of urea groups is 1. The predicted octanol–water partition coefficient (Wildman–Crippen LogP) is 2.08. The Balaban J connectivity index is 1.32. The molecule has 6 nitrogen and oxygen atoms in total. The van der Waals surface area contributed by atoms with E-state index in [0.717, 1.165) is 32.5 Å². The number of likely N-dealkylation sites (tertiary alicyclic amines) is 2. The van der Waals surface area contributed by atoms with E-state index in [-0.39, 0.29) is 30.3 Å².